The summed E-state index contributed by atoms with van der Waals surface area (Å²) < 4.78 is 54.0. The summed E-state index contributed by atoms with van der Waals surface area (Å²) in [5.74, 6) is -0.789. The summed E-state index contributed by atoms with van der Waals surface area (Å²) >= 11 is 11.9. The molecule has 1 aromatic heterocycles. The third-order valence-corrected chi connectivity index (χ3v) is 4.18. The monoisotopic (exact) mass is 383 g/mol. The van der Waals surface area contributed by atoms with E-state index in [4.69, 9.17) is 23.2 Å². The Kier molecular flexibility index (Phi) is 5.34. The van der Waals surface area contributed by atoms with Gasteiger partial charge in [-0.15, -0.1) is 0 Å². The Balaban J connectivity index is 2.64. The summed E-state index contributed by atoms with van der Waals surface area (Å²) in [4.78, 5) is 1.78. The molecule has 0 saturated carbocycles. The molecule has 0 N–H and O–H groups in total. The second-order valence-corrected chi connectivity index (χ2v) is 6.12. The van der Waals surface area contributed by atoms with Crippen LogP contribution >= 0.6 is 23.2 Å². The molecule has 0 amide bonds. The average Bonchev–Trinajstić information content (AvgIpc) is 2.73. The number of hydrogen-bond acceptors (Lipinski definition) is 2. The highest BCUT2D eigenvalue weighted by Gasteiger charge is 2.39. The van der Waals surface area contributed by atoms with Gasteiger partial charge in [-0.25, -0.2) is 4.39 Å². The lowest BCUT2D eigenvalue weighted by Gasteiger charge is -2.20. The van der Waals surface area contributed by atoms with Gasteiger partial charge in [-0.1, -0.05) is 30.1 Å². The van der Waals surface area contributed by atoms with Crippen LogP contribution in [0, 0.1) is 5.82 Å². The number of nitrogens with zero attached hydrogens (tertiary/aromatic N) is 3. The number of anilines is 1. The third kappa shape index (κ3) is 3.47. The van der Waals surface area contributed by atoms with E-state index < -0.39 is 22.7 Å². The molecule has 0 aliphatic carbocycles. The molecule has 132 valence electrons. The van der Waals surface area contributed by atoms with E-state index >= 15 is 0 Å². The first-order valence-corrected chi connectivity index (χ1v) is 7.83. The summed E-state index contributed by atoms with van der Waals surface area (Å²) in [6, 6.07) is 2.42. The van der Waals surface area contributed by atoms with Crippen molar-refractivity contribution in [3.63, 3.8) is 0 Å². The molecule has 0 fully saturated rings. The van der Waals surface area contributed by atoms with E-state index in [2.05, 4.69) is 5.10 Å². The summed E-state index contributed by atoms with van der Waals surface area (Å²) in [6.07, 6.45) is -3.87. The highest BCUT2D eigenvalue weighted by Crippen LogP contribution is 2.41. The van der Waals surface area contributed by atoms with Gasteiger partial charge in [-0.05, 0) is 18.6 Å². The molecule has 0 saturated heterocycles. The Morgan fingerprint density at radius 1 is 1.25 bits per heavy atom. The molecule has 0 bridgehead atoms. The van der Waals surface area contributed by atoms with Gasteiger partial charge in [0.15, 0.2) is 5.69 Å². The second kappa shape index (κ2) is 6.80. The molecule has 0 radical (unpaired) electrons. The second-order valence-electron chi connectivity index (χ2n) is 5.34. The van der Waals surface area contributed by atoms with Crippen LogP contribution in [0.5, 0.6) is 0 Å². The van der Waals surface area contributed by atoms with Crippen LogP contribution in [0.3, 0.4) is 0 Å². The molecule has 3 nitrogen and oxygen atoms in total. The van der Waals surface area contributed by atoms with E-state index in [1.807, 2.05) is 6.92 Å². The van der Waals surface area contributed by atoms with E-state index in [1.165, 1.54) is 6.07 Å². The first-order chi connectivity index (χ1) is 11.1. The minimum atomic E-state index is -4.69. The summed E-state index contributed by atoms with van der Waals surface area (Å²) in [5.41, 5.74) is -1.04. The molecule has 24 heavy (non-hydrogen) atoms. The van der Waals surface area contributed by atoms with Crippen LogP contribution in [-0.2, 0) is 13.2 Å². The quantitative estimate of drug-likeness (QED) is 0.659. The van der Waals surface area contributed by atoms with E-state index in [0.717, 1.165) is 19.5 Å². The smallest absolute Gasteiger partial charge is 0.373 e. The van der Waals surface area contributed by atoms with Crippen molar-refractivity contribution in [1.82, 2.24) is 9.78 Å². The van der Waals surface area contributed by atoms with E-state index in [9.17, 15) is 17.6 Å². The van der Waals surface area contributed by atoms with Gasteiger partial charge in [0, 0.05) is 26.2 Å². The zero-order valence-corrected chi connectivity index (χ0v) is 14.7. The zero-order valence-electron chi connectivity index (χ0n) is 13.2. The lowest BCUT2D eigenvalue weighted by Crippen LogP contribution is -2.18. The topological polar surface area (TPSA) is 21.1 Å². The van der Waals surface area contributed by atoms with Crippen LogP contribution < -0.4 is 4.90 Å². The minimum absolute atomic E-state index is 0.131. The Morgan fingerprint density at radius 2 is 1.88 bits per heavy atom. The zero-order chi connectivity index (χ0) is 18.2. The largest absolute Gasteiger partial charge is 0.434 e. The van der Waals surface area contributed by atoms with Gasteiger partial charge < -0.3 is 4.90 Å². The van der Waals surface area contributed by atoms with Crippen LogP contribution in [0.1, 0.15) is 19.0 Å². The van der Waals surface area contributed by atoms with Gasteiger partial charge in [0.1, 0.15) is 11.5 Å². The molecule has 0 atom stereocenters. The normalized spacial score (nSPS) is 11.9. The number of benzene rings is 1. The molecule has 0 spiro atoms. The van der Waals surface area contributed by atoms with Gasteiger partial charge in [0.05, 0.1) is 15.7 Å². The van der Waals surface area contributed by atoms with E-state index in [0.29, 0.717) is 16.9 Å². The SMILES string of the molecule is CCCN(C)c1cc(-c2nn(C)c(C(F)(F)F)c2Cl)c(F)cc1Cl. The fraction of sp³-hybridized carbons (Fsp3) is 0.400. The minimum Gasteiger partial charge on any atom is -0.373 e. The Hall–Kier alpha value is -1.47. The predicted octanol–water partition coefficient (Wildman–Crippen LogP) is 5.40. The van der Waals surface area contributed by atoms with Crippen molar-refractivity contribution in [2.45, 2.75) is 19.5 Å². The maximum Gasteiger partial charge on any atom is 0.434 e. The van der Waals surface area contributed by atoms with Crippen molar-refractivity contribution in [3.8, 4) is 11.3 Å². The van der Waals surface area contributed by atoms with Gasteiger partial charge >= 0.3 is 6.18 Å². The van der Waals surface area contributed by atoms with Crippen molar-refractivity contribution in [3.05, 3.63) is 33.7 Å². The van der Waals surface area contributed by atoms with Crippen LogP contribution in [0.2, 0.25) is 10.0 Å². The molecular weight excluding hydrogens is 369 g/mol. The molecule has 0 aliphatic rings. The maximum absolute atomic E-state index is 14.3. The van der Waals surface area contributed by atoms with Crippen LogP contribution in [0.15, 0.2) is 12.1 Å². The van der Waals surface area contributed by atoms with Gasteiger partial charge in [-0.3, -0.25) is 4.68 Å². The molecule has 1 aromatic carbocycles. The molecule has 0 unspecified atom stereocenters. The predicted molar refractivity (Wildman–Crippen MR) is 87.2 cm³/mol. The summed E-state index contributed by atoms with van der Waals surface area (Å²) in [6.45, 7) is 2.61. The fourth-order valence-corrected chi connectivity index (χ4v) is 3.11. The number of rotatable bonds is 4. The average molecular weight is 384 g/mol. The number of aromatic nitrogens is 2. The van der Waals surface area contributed by atoms with Crippen molar-refractivity contribution >= 4 is 28.9 Å². The Morgan fingerprint density at radius 3 is 2.38 bits per heavy atom. The van der Waals surface area contributed by atoms with Gasteiger partial charge in [0.25, 0.3) is 0 Å². The summed E-state index contributed by atoms with van der Waals surface area (Å²) in [7, 11) is 2.86. The van der Waals surface area contributed by atoms with Crippen molar-refractivity contribution in [2.24, 2.45) is 7.05 Å². The lowest BCUT2D eigenvalue weighted by molar-refractivity contribution is -0.143. The molecular formula is C15H15Cl2F4N3. The Bertz CT molecular complexity index is 756. The maximum atomic E-state index is 14.3. The van der Waals surface area contributed by atoms with Crippen molar-refractivity contribution < 1.29 is 17.6 Å². The summed E-state index contributed by atoms with van der Waals surface area (Å²) in [5, 5.41) is 3.27. The third-order valence-electron chi connectivity index (χ3n) is 3.52. The molecule has 2 rings (SSSR count). The van der Waals surface area contributed by atoms with Gasteiger partial charge in [-0.2, -0.15) is 18.3 Å². The number of halogens is 6. The lowest BCUT2D eigenvalue weighted by atomic mass is 10.1. The van der Waals surface area contributed by atoms with Crippen LogP contribution in [0.4, 0.5) is 23.2 Å². The fourth-order valence-electron chi connectivity index (χ4n) is 2.45. The Labute approximate surface area is 146 Å². The molecule has 9 heteroatoms. The highest BCUT2D eigenvalue weighted by molar-refractivity contribution is 6.34. The first kappa shape index (κ1) is 18.9. The number of hydrogen-bond donors (Lipinski definition) is 0. The molecule has 1 heterocycles. The van der Waals surface area contributed by atoms with Crippen molar-refractivity contribution in [1.29, 1.82) is 0 Å². The van der Waals surface area contributed by atoms with Crippen LogP contribution in [0.25, 0.3) is 11.3 Å². The molecule has 2 aromatic rings. The molecule has 0 aliphatic heterocycles. The van der Waals surface area contributed by atoms with E-state index in [1.54, 1.807) is 11.9 Å². The van der Waals surface area contributed by atoms with Crippen LogP contribution in [-0.4, -0.2) is 23.4 Å². The number of alkyl halides is 3. The van der Waals surface area contributed by atoms with Gasteiger partial charge in [0.2, 0.25) is 0 Å². The number of aryl methyl sites for hydroxylation is 1. The van der Waals surface area contributed by atoms with E-state index in [-0.39, 0.29) is 16.3 Å². The first-order valence-electron chi connectivity index (χ1n) is 7.08. The highest BCUT2D eigenvalue weighted by atomic mass is 35.5. The van der Waals surface area contributed by atoms with Crippen molar-refractivity contribution in [2.75, 3.05) is 18.5 Å². The standard InChI is InChI=1S/C15H15Cl2F4N3/c1-4-5-23(2)11-6-8(10(18)7-9(11)16)13-12(17)14(15(19,20)21)24(3)22-13/h6-7H,4-5H2,1-3H3.